The van der Waals surface area contributed by atoms with Gasteiger partial charge in [-0.2, -0.15) is 0 Å². The maximum atomic E-state index is 13.1. The number of halogens is 1. The largest absolute Gasteiger partial charge is 0.361 e. The highest BCUT2D eigenvalue weighted by atomic mass is 19.1. The van der Waals surface area contributed by atoms with Gasteiger partial charge >= 0.3 is 0 Å². The number of benzene rings is 1. The fourth-order valence-electron chi connectivity index (χ4n) is 3.01. The molecule has 1 unspecified atom stereocenters. The molecule has 0 saturated carbocycles. The van der Waals surface area contributed by atoms with Crippen LogP contribution in [0.15, 0.2) is 35.0 Å². The van der Waals surface area contributed by atoms with E-state index in [0.717, 1.165) is 31.4 Å². The third kappa shape index (κ3) is 3.03. The first-order valence-electron chi connectivity index (χ1n) is 7.61. The predicted molar refractivity (Wildman–Crippen MR) is 80.1 cm³/mol. The summed E-state index contributed by atoms with van der Waals surface area (Å²) in [6.07, 6.45) is 4.54. The number of aromatic nitrogens is 1. The van der Waals surface area contributed by atoms with E-state index in [0.29, 0.717) is 17.9 Å². The molecule has 1 amide bonds. The fraction of sp³-hybridized carbons (Fsp3) is 0.412. The minimum atomic E-state index is -0.231. The van der Waals surface area contributed by atoms with Gasteiger partial charge in [0.05, 0.1) is 6.20 Å². The van der Waals surface area contributed by atoms with Gasteiger partial charge < -0.3 is 9.42 Å². The standard InChI is InChI=1S/C17H19FN2O2/c1-12-16(10-19-22-12)17(21)20-9-3-2-4-14(11-20)13-5-7-15(18)8-6-13/h5-8,10,14H,2-4,9,11H2,1H3. The molecule has 0 bridgehead atoms. The Morgan fingerprint density at radius 2 is 2.09 bits per heavy atom. The number of hydrogen-bond acceptors (Lipinski definition) is 3. The van der Waals surface area contributed by atoms with Crippen molar-refractivity contribution in [2.75, 3.05) is 13.1 Å². The Morgan fingerprint density at radius 1 is 1.32 bits per heavy atom. The highest BCUT2D eigenvalue weighted by Gasteiger charge is 2.26. The molecule has 4 nitrogen and oxygen atoms in total. The molecule has 3 rings (SSSR count). The zero-order valence-electron chi connectivity index (χ0n) is 12.6. The Hall–Kier alpha value is -2.17. The number of rotatable bonds is 2. The summed E-state index contributed by atoms with van der Waals surface area (Å²) < 4.78 is 18.1. The van der Waals surface area contributed by atoms with Crippen molar-refractivity contribution in [2.45, 2.75) is 32.1 Å². The molecule has 0 aliphatic carbocycles. The van der Waals surface area contributed by atoms with E-state index in [4.69, 9.17) is 4.52 Å². The van der Waals surface area contributed by atoms with Crippen LogP contribution in [0.3, 0.4) is 0 Å². The van der Waals surface area contributed by atoms with Gasteiger partial charge in [-0.05, 0) is 37.5 Å². The van der Waals surface area contributed by atoms with Gasteiger partial charge in [-0.3, -0.25) is 4.79 Å². The molecule has 2 aromatic rings. The molecule has 1 fully saturated rings. The lowest BCUT2D eigenvalue weighted by atomic mass is 9.94. The van der Waals surface area contributed by atoms with Crippen molar-refractivity contribution in [2.24, 2.45) is 0 Å². The van der Waals surface area contributed by atoms with E-state index in [9.17, 15) is 9.18 Å². The quantitative estimate of drug-likeness (QED) is 0.852. The van der Waals surface area contributed by atoms with Crippen molar-refractivity contribution in [1.82, 2.24) is 10.1 Å². The van der Waals surface area contributed by atoms with E-state index in [-0.39, 0.29) is 17.6 Å². The second kappa shape index (κ2) is 6.30. The Balaban J connectivity index is 1.79. The van der Waals surface area contributed by atoms with E-state index in [1.807, 2.05) is 17.0 Å². The Morgan fingerprint density at radius 3 is 2.77 bits per heavy atom. The molecule has 1 aromatic heterocycles. The van der Waals surface area contributed by atoms with Crippen molar-refractivity contribution in [3.63, 3.8) is 0 Å². The van der Waals surface area contributed by atoms with Gasteiger partial charge in [-0.15, -0.1) is 0 Å². The molecule has 5 heteroatoms. The van der Waals surface area contributed by atoms with Gasteiger partial charge in [-0.1, -0.05) is 23.7 Å². The van der Waals surface area contributed by atoms with Gasteiger partial charge in [0.15, 0.2) is 0 Å². The number of nitrogens with zero attached hydrogens (tertiary/aromatic N) is 2. The van der Waals surface area contributed by atoms with Crippen LogP contribution >= 0.6 is 0 Å². The first kappa shape index (κ1) is 14.8. The maximum absolute atomic E-state index is 13.1. The summed E-state index contributed by atoms with van der Waals surface area (Å²) in [6.45, 7) is 3.13. The summed E-state index contributed by atoms with van der Waals surface area (Å²) in [7, 11) is 0. The summed E-state index contributed by atoms with van der Waals surface area (Å²) in [5, 5.41) is 3.68. The second-order valence-corrected chi connectivity index (χ2v) is 5.79. The first-order valence-corrected chi connectivity index (χ1v) is 7.61. The van der Waals surface area contributed by atoms with Gasteiger partial charge in [0.1, 0.15) is 17.1 Å². The number of carbonyl (C=O) groups excluding carboxylic acids is 1. The van der Waals surface area contributed by atoms with Gasteiger partial charge in [0, 0.05) is 19.0 Å². The molecule has 1 aliphatic heterocycles. The summed E-state index contributed by atoms with van der Waals surface area (Å²) in [6, 6.07) is 6.60. The molecule has 2 heterocycles. The average Bonchev–Trinajstić information content (AvgIpc) is 2.80. The highest BCUT2D eigenvalue weighted by Crippen LogP contribution is 2.27. The predicted octanol–water partition coefficient (Wildman–Crippen LogP) is 3.53. The van der Waals surface area contributed by atoms with Crippen LogP contribution in [0, 0.1) is 12.7 Å². The van der Waals surface area contributed by atoms with Gasteiger partial charge in [-0.25, -0.2) is 4.39 Å². The van der Waals surface area contributed by atoms with Crippen LogP contribution in [-0.4, -0.2) is 29.1 Å². The van der Waals surface area contributed by atoms with E-state index >= 15 is 0 Å². The summed E-state index contributed by atoms with van der Waals surface area (Å²) >= 11 is 0. The van der Waals surface area contributed by atoms with Crippen LogP contribution < -0.4 is 0 Å². The van der Waals surface area contributed by atoms with Gasteiger partial charge in [0.2, 0.25) is 0 Å². The van der Waals surface area contributed by atoms with Crippen LogP contribution in [-0.2, 0) is 0 Å². The van der Waals surface area contributed by atoms with Crippen molar-refractivity contribution in [1.29, 1.82) is 0 Å². The molecule has 1 saturated heterocycles. The lowest BCUT2D eigenvalue weighted by Gasteiger charge is -2.24. The van der Waals surface area contributed by atoms with E-state index in [1.165, 1.54) is 18.3 Å². The van der Waals surface area contributed by atoms with Crippen LogP contribution in [0.25, 0.3) is 0 Å². The molecule has 0 N–H and O–H groups in total. The van der Waals surface area contributed by atoms with E-state index in [2.05, 4.69) is 5.16 Å². The topological polar surface area (TPSA) is 46.3 Å². The Bertz CT molecular complexity index is 651. The molecule has 1 atom stereocenters. The SMILES string of the molecule is Cc1oncc1C(=O)N1CCCCC(c2ccc(F)cc2)C1. The molecule has 116 valence electrons. The van der Waals surface area contributed by atoms with Gasteiger partial charge in [0.25, 0.3) is 5.91 Å². The highest BCUT2D eigenvalue weighted by molar-refractivity contribution is 5.94. The van der Waals surface area contributed by atoms with Crippen LogP contribution in [0.2, 0.25) is 0 Å². The third-order valence-corrected chi connectivity index (χ3v) is 4.28. The molecular weight excluding hydrogens is 283 g/mol. The third-order valence-electron chi connectivity index (χ3n) is 4.28. The molecule has 1 aromatic carbocycles. The summed E-state index contributed by atoms with van der Waals surface area (Å²) in [5.74, 6) is 0.526. The summed E-state index contributed by atoms with van der Waals surface area (Å²) in [4.78, 5) is 14.5. The molecule has 22 heavy (non-hydrogen) atoms. The number of hydrogen-bond donors (Lipinski definition) is 0. The van der Waals surface area contributed by atoms with Crippen LogP contribution in [0.4, 0.5) is 4.39 Å². The Kier molecular flexibility index (Phi) is 4.22. The summed E-state index contributed by atoms with van der Waals surface area (Å²) in [5.41, 5.74) is 1.61. The number of likely N-dealkylation sites (tertiary alicyclic amines) is 1. The van der Waals surface area contributed by atoms with Crippen molar-refractivity contribution in [3.8, 4) is 0 Å². The van der Waals surface area contributed by atoms with Crippen molar-refractivity contribution in [3.05, 3.63) is 53.2 Å². The number of amides is 1. The lowest BCUT2D eigenvalue weighted by molar-refractivity contribution is 0.0752. The van der Waals surface area contributed by atoms with Crippen molar-refractivity contribution < 1.29 is 13.7 Å². The normalized spacial score (nSPS) is 19.0. The molecule has 1 aliphatic rings. The zero-order chi connectivity index (χ0) is 15.5. The zero-order valence-corrected chi connectivity index (χ0v) is 12.6. The van der Waals surface area contributed by atoms with E-state index < -0.39 is 0 Å². The second-order valence-electron chi connectivity index (χ2n) is 5.79. The fourth-order valence-corrected chi connectivity index (χ4v) is 3.01. The van der Waals surface area contributed by atoms with Crippen LogP contribution in [0.1, 0.15) is 46.9 Å². The lowest BCUT2D eigenvalue weighted by Crippen LogP contribution is -2.34. The average molecular weight is 302 g/mol. The smallest absolute Gasteiger partial charge is 0.259 e. The number of aryl methyl sites for hydroxylation is 1. The minimum absolute atomic E-state index is 0.0345. The van der Waals surface area contributed by atoms with E-state index in [1.54, 1.807) is 6.92 Å². The molecule has 0 radical (unpaired) electrons. The Labute approximate surface area is 128 Å². The molecule has 0 spiro atoms. The van der Waals surface area contributed by atoms with Crippen LogP contribution in [0.5, 0.6) is 0 Å². The number of carbonyl (C=O) groups is 1. The monoisotopic (exact) mass is 302 g/mol. The maximum Gasteiger partial charge on any atom is 0.259 e. The first-order chi connectivity index (χ1) is 10.6. The van der Waals surface area contributed by atoms with Crippen molar-refractivity contribution >= 4 is 5.91 Å². The minimum Gasteiger partial charge on any atom is -0.361 e. The molecular formula is C17H19FN2O2.